The third-order valence-corrected chi connectivity index (χ3v) is 3.83. The topological polar surface area (TPSA) is 26.0 Å². The van der Waals surface area contributed by atoms with Crippen LogP contribution in [0, 0.1) is 0 Å². The van der Waals surface area contributed by atoms with Crippen LogP contribution in [0.2, 0.25) is 0 Å². The van der Waals surface area contributed by atoms with E-state index in [0.29, 0.717) is 6.54 Å². The molecule has 0 bridgehead atoms. The Morgan fingerprint density at radius 1 is 1.29 bits per heavy atom. The highest BCUT2D eigenvalue weighted by Crippen LogP contribution is 2.47. The summed E-state index contributed by atoms with van der Waals surface area (Å²) in [4.78, 5) is 0. The molecule has 1 aromatic rings. The summed E-state index contributed by atoms with van der Waals surface area (Å²) in [7, 11) is 0. The van der Waals surface area contributed by atoms with E-state index in [1.54, 1.807) is 0 Å². The number of nitrogens with two attached hydrogens (primary N) is 1. The van der Waals surface area contributed by atoms with E-state index in [2.05, 4.69) is 58.0 Å². The maximum atomic E-state index is 5.85. The smallest absolute Gasteiger partial charge is 0.0184 e. The number of benzene rings is 1. The van der Waals surface area contributed by atoms with Crippen molar-refractivity contribution in [2.45, 2.75) is 39.7 Å². The fourth-order valence-electron chi connectivity index (χ4n) is 2.98. The number of rotatable bonds is 2. The number of hydrogen-bond acceptors (Lipinski definition) is 1. The molecule has 2 rings (SSSR count). The first-order valence-electron chi connectivity index (χ1n) is 6.21. The van der Waals surface area contributed by atoms with Crippen LogP contribution in [0.1, 0.15) is 44.4 Å². The summed E-state index contributed by atoms with van der Waals surface area (Å²) in [5, 5.41) is 0. The molecule has 0 spiro atoms. The molecule has 90 valence electrons. The molecule has 0 heterocycles. The molecule has 1 nitrogen and oxygen atoms in total. The maximum absolute atomic E-state index is 5.85. The Bertz CT molecular complexity index is 504. The van der Waals surface area contributed by atoms with Crippen molar-refractivity contribution in [3.05, 3.63) is 52.6 Å². The van der Waals surface area contributed by atoms with Crippen LogP contribution in [0.5, 0.6) is 0 Å². The van der Waals surface area contributed by atoms with Gasteiger partial charge in [-0.1, -0.05) is 44.2 Å². The van der Waals surface area contributed by atoms with Crippen LogP contribution in [0.25, 0.3) is 5.57 Å². The van der Waals surface area contributed by atoms with E-state index >= 15 is 0 Å². The molecule has 1 heteroatoms. The lowest BCUT2D eigenvalue weighted by Gasteiger charge is -2.23. The molecule has 0 radical (unpaired) electrons. The molecular weight excluding hydrogens is 206 g/mol. The van der Waals surface area contributed by atoms with E-state index in [0.717, 1.165) is 0 Å². The third kappa shape index (κ3) is 1.66. The largest absolute Gasteiger partial charge is 0.326 e. The van der Waals surface area contributed by atoms with Gasteiger partial charge in [-0.05, 0) is 41.7 Å². The molecule has 0 saturated carbocycles. The Hall–Kier alpha value is -1.34. The summed E-state index contributed by atoms with van der Waals surface area (Å²) < 4.78 is 0. The van der Waals surface area contributed by atoms with Crippen LogP contribution in [-0.4, -0.2) is 0 Å². The predicted octanol–water partition coefficient (Wildman–Crippen LogP) is 3.79. The van der Waals surface area contributed by atoms with Gasteiger partial charge >= 0.3 is 0 Å². The number of allylic oxidation sites excluding steroid dienone is 4. The Morgan fingerprint density at radius 3 is 2.59 bits per heavy atom. The van der Waals surface area contributed by atoms with Crippen molar-refractivity contribution in [1.29, 1.82) is 0 Å². The lowest BCUT2D eigenvalue weighted by atomic mass is 9.80. The van der Waals surface area contributed by atoms with Crippen molar-refractivity contribution in [1.82, 2.24) is 0 Å². The van der Waals surface area contributed by atoms with Crippen LogP contribution >= 0.6 is 0 Å². The molecule has 2 N–H and O–H groups in total. The van der Waals surface area contributed by atoms with E-state index in [4.69, 9.17) is 5.73 Å². The van der Waals surface area contributed by atoms with E-state index in [-0.39, 0.29) is 5.41 Å². The first kappa shape index (κ1) is 12.1. The zero-order valence-electron chi connectivity index (χ0n) is 11.2. The lowest BCUT2D eigenvalue weighted by Crippen LogP contribution is -2.16. The molecule has 0 saturated heterocycles. The monoisotopic (exact) mass is 227 g/mol. The van der Waals surface area contributed by atoms with Gasteiger partial charge in [0.2, 0.25) is 0 Å². The number of fused-ring (bicyclic) bond motifs is 1. The van der Waals surface area contributed by atoms with Crippen molar-refractivity contribution in [3.8, 4) is 0 Å². The molecule has 1 aromatic carbocycles. The van der Waals surface area contributed by atoms with Gasteiger partial charge in [-0.15, -0.1) is 0 Å². The van der Waals surface area contributed by atoms with E-state index < -0.39 is 0 Å². The van der Waals surface area contributed by atoms with Crippen molar-refractivity contribution in [2.75, 3.05) is 0 Å². The third-order valence-electron chi connectivity index (χ3n) is 3.83. The van der Waals surface area contributed by atoms with Crippen molar-refractivity contribution < 1.29 is 0 Å². The highest BCUT2D eigenvalue weighted by atomic mass is 14.5. The molecule has 0 aliphatic heterocycles. The quantitative estimate of drug-likeness (QED) is 0.817. The molecule has 1 aliphatic carbocycles. The van der Waals surface area contributed by atoms with E-state index in [1.807, 2.05) is 0 Å². The molecular formula is C16H21N. The minimum absolute atomic E-state index is 0.0944. The summed E-state index contributed by atoms with van der Waals surface area (Å²) in [5.74, 6) is 0. The van der Waals surface area contributed by atoms with Gasteiger partial charge < -0.3 is 5.73 Å². The van der Waals surface area contributed by atoms with Gasteiger partial charge in [0.1, 0.15) is 0 Å². The van der Waals surface area contributed by atoms with Gasteiger partial charge in [0.25, 0.3) is 0 Å². The normalized spacial score (nSPS) is 17.9. The van der Waals surface area contributed by atoms with Crippen molar-refractivity contribution >= 4 is 5.57 Å². The summed E-state index contributed by atoms with van der Waals surface area (Å²) in [5.41, 5.74) is 12.8. The molecule has 0 atom stereocenters. The highest BCUT2D eigenvalue weighted by Gasteiger charge is 2.35. The minimum Gasteiger partial charge on any atom is -0.326 e. The fraction of sp³-hybridized carbons (Fsp3) is 0.375. The molecule has 0 unspecified atom stereocenters. The fourth-order valence-corrected chi connectivity index (χ4v) is 2.98. The second kappa shape index (κ2) is 4.15. The first-order chi connectivity index (χ1) is 8.04. The standard InChI is InChI=1S/C16H21N/c1-5-7-13-11(2)15-12(10-17)8-6-9-14(15)16(13,3)4/h5-9H,10,17H2,1-4H3/b7-5-. The van der Waals surface area contributed by atoms with Gasteiger partial charge in [-0.3, -0.25) is 0 Å². The van der Waals surface area contributed by atoms with Gasteiger partial charge in [0, 0.05) is 12.0 Å². The summed E-state index contributed by atoms with van der Waals surface area (Å²) in [6, 6.07) is 6.49. The molecule has 0 fully saturated rings. The molecule has 0 amide bonds. The second-order valence-electron chi connectivity index (χ2n) is 5.21. The Balaban J connectivity index is 2.74. The van der Waals surface area contributed by atoms with Gasteiger partial charge in [0.05, 0.1) is 0 Å². The van der Waals surface area contributed by atoms with Crippen LogP contribution in [0.15, 0.2) is 35.9 Å². The summed E-state index contributed by atoms with van der Waals surface area (Å²) in [6.45, 7) is 9.47. The summed E-state index contributed by atoms with van der Waals surface area (Å²) >= 11 is 0. The average molecular weight is 227 g/mol. The van der Waals surface area contributed by atoms with Gasteiger partial charge in [-0.2, -0.15) is 0 Å². The zero-order chi connectivity index (χ0) is 12.6. The van der Waals surface area contributed by atoms with Crippen LogP contribution in [0.4, 0.5) is 0 Å². The first-order valence-corrected chi connectivity index (χ1v) is 6.21. The van der Waals surface area contributed by atoms with Gasteiger partial charge in [-0.25, -0.2) is 0 Å². The van der Waals surface area contributed by atoms with Crippen LogP contribution in [0.3, 0.4) is 0 Å². The Labute approximate surface area is 104 Å². The van der Waals surface area contributed by atoms with Crippen LogP contribution < -0.4 is 5.73 Å². The zero-order valence-corrected chi connectivity index (χ0v) is 11.2. The molecule has 0 aromatic heterocycles. The van der Waals surface area contributed by atoms with Crippen molar-refractivity contribution in [2.24, 2.45) is 5.73 Å². The molecule has 1 aliphatic rings. The predicted molar refractivity (Wildman–Crippen MR) is 74.8 cm³/mol. The van der Waals surface area contributed by atoms with Crippen molar-refractivity contribution in [3.63, 3.8) is 0 Å². The van der Waals surface area contributed by atoms with Crippen LogP contribution in [-0.2, 0) is 12.0 Å². The molecule has 17 heavy (non-hydrogen) atoms. The Morgan fingerprint density at radius 2 is 2.00 bits per heavy atom. The Kier molecular flexibility index (Phi) is 2.96. The maximum Gasteiger partial charge on any atom is 0.0184 e. The highest BCUT2D eigenvalue weighted by molar-refractivity contribution is 5.82. The summed E-state index contributed by atoms with van der Waals surface area (Å²) in [6.07, 6.45) is 4.35. The van der Waals surface area contributed by atoms with E-state index in [9.17, 15) is 0 Å². The van der Waals surface area contributed by atoms with Gasteiger partial charge in [0.15, 0.2) is 0 Å². The average Bonchev–Trinajstić information content (AvgIpc) is 2.51. The number of hydrogen-bond donors (Lipinski definition) is 1. The van der Waals surface area contributed by atoms with E-state index in [1.165, 1.54) is 27.8 Å². The SMILES string of the molecule is C/C=C\C1=C(C)c2c(CN)cccc2C1(C)C. The minimum atomic E-state index is 0.0944. The second-order valence-corrected chi connectivity index (χ2v) is 5.21. The lowest BCUT2D eigenvalue weighted by molar-refractivity contribution is 0.653.